The van der Waals surface area contributed by atoms with Crippen LogP contribution in [0, 0.1) is 12.7 Å². The minimum atomic E-state index is -0.187. The van der Waals surface area contributed by atoms with Gasteiger partial charge in [0.2, 0.25) is 0 Å². The zero-order valence-corrected chi connectivity index (χ0v) is 16.1. The molecular formula is C21H29FN4. The highest BCUT2D eigenvalue weighted by Crippen LogP contribution is 2.11. The monoisotopic (exact) mass is 356 g/mol. The Bertz CT molecular complexity index is 741. The summed E-state index contributed by atoms with van der Waals surface area (Å²) in [6.07, 6.45) is 0. The SMILES string of the molecule is CCNC(=NCc1ccc(C)c(F)c1)NCc1ccccc1CN(C)C. The van der Waals surface area contributed by atoms with E-state index < -0.39 is 0 Å². The minimum absolute atomic E-state index is 0.187. The Balaban J connectivity index is 2.05. The van der Waals surface area contributed by atoms with Crippen molar-refractivity contribution in [1.82, 2.24) is 15.5 Å². The van der Waals surface area contributed by atoms with Crippen LogP contribution in [0.2, 0.25) is 0 Å². The van der Waals surface area contributed by atoms with Gasteiger partial charge in [-0.05, 0) is 56.3 Å². The first kappa shape index (κ1) is 19.9. The molecule has 0 saturated carbocycles. The maximum Gasteiger partial charge on any atom is 0.191 e. The summed E-state index contributed by atoms with van der Waals surface area (Å²) in [6, 6.07) is 13.6. The first-order chi connectivity index (χ1) is 12.5. The molecular weight excluding hydrogens is 327 g/mol. The number of hydrogen-bond acceptors (Lipinski definition) is 2. The zero-order chi connectivity index (χ0) is 18.9. The summed E-state index contributed by atoms with van der Waals surface area (Å²) in [5.74, 6) is 0.543. The second-order valence-electron chi connectivity index (χ2n) is 6.64. The highest BCUT2D eigenvalue weighted by molar-refractivity contribution is 5.79. The van der Waals surface area contributed by atoms with Gasteiger partial charge in [0.15, 0.2) is 5.96 Å². The van der Waals surface area contributed by atoms with E-state index in [9.17, 15) is 4.39 Å². The van der Waals surface area contributed by atoms with E-state index in [1.165, 1.54) is 11.1 Å². The maximum atomic E-state index is 13.7. The predicted octanol–water partition coefficient (Wildman–Crippen LogP) is 3.45. The van der Waals surface area contributed by atoms with Crippen LogP contribution in [0.1, 0.15) is 29.2 Å². The van der Waals surface area contributed by atoms with Crippen molar-refractivity contribution < 1.29 is 4.39 Å². The second kappa shape index (κ2) is 9.92. The van der Waals surface area contributed by atoms with Gasteiger partial charge < -0.3 is 15.5 Å². The van der Waals surface area contributed by atoms with Crippen molar-refractivity contribution in [2.24, 2.45) is 4.99 Å². The molecule has 140 valence electrons. The molecule has 0 heterocycles. The van der Waals surface area contributed by atoms with Crippen molar-refractivity contribution in [3.05, 3.63) is 70.5 Å². The average Bonchev–Trinajstić information content (AvgIpc) is 2.61. The predicted molar refractivity (Wildman–Crippen MR) is 107 cm³/mol. The minimum Gasteiger partial charge on any atom is -0.357 e. The van der Waals surface area contributed by atoms with Gasteiger partial charge in [0.05, 0.1) is 6.54 Å². The molecule has 0 radical (unpaired) electrons. The number of rotatable bonds is 7. The molecule has 5 heteroatoms. The summed E-state index contributed by atoms with van der Waals surface area (Å²) in [6.45, 7) is 6.59. The molecule has 0 unspecified atom stereocenters. The molecule has 0 atom stereocenters. The van der Waals surface area contributed by atoms with E-state index in [2.05, 4.69) is 58.9 Å². The fourth-order valence-corrected chi connectivity index (χ4v) is 2.65. The van der Waals surface area contributed by atoms with Crippen LogP contribution in [0.5, 0.6) is 0 Å². The molecule has 4 nitrogen and oxygen atoms in total. The summed E-state index contributed by atoms with van der Waals surface area (Å²) < 4.78 is 13.7. The smallest absolute Gasteiger partial charge is 0.191 e. The third-order valence-corrected chi connectivity index (χ3v) is 4.05. The van der Waals surface area contributed by atoms with Crippen LogP contribution in [0.4, 0.5) is 4.39 Å². The van der Waals surface area contributed by atoms with Gasteiger partial charge in [-0.1, -0.05) is 36.4 Å². The molecule has 0 bridgehead atoms. The first-order valence-corrected chi connectivity index (χ1v) is 8.98. The molecule has 0 amide bonds. The Morgan fingerprint density at radius 1 is 1.08 bits per heavy atom. The van der Waals surface area contributed by atoms with Gasteiger partial charge in [-0.15, -0.1) is 0 Å². The van der Waals surface area contributed by atoms with Crippen LogP contribution in [-0.2, 0) is 19.6 Å². The third-order valence-electron chi connectivity index (χ3n) is 4.05. The maximum absolute atomic E-state index is 13.7. The summed E-state index contributed by atoms with van der Waals surface area (Å²) in [5, 5.41) is 6.62. The van der Waals surface area contributed by atoms with Crippen LogP contribution in [0.3, 0.4) is 0 Å². The Kier molecular flexibility index (Phi) is 7.60. The fourth-order valence-electron chi connectivity index (χ4n) is 2.65. The van der Waals surface area contributed by atoms with Gasteiger partial charge in [-0.3, -0.25) is 0 Å². The molecule has 2 rings (SSSR count). The molecule has 0 aliphatic heterocycles. The molecule has 0 aliphatic rings. The number of benzene rings is 2. The molecule has 0 fully saturated rings. The van der Waals surface area contributed by atoms with E-state index in [0.717, 1.165) is 24.6 Å². The Hall–Kier alpha value is -2.40. The molecule has 0 saturated heterocycles. The van der Waals surface area contributed by atoms with Crippen LogP contribution in [0.15, 0.2) is 47.5 Å². The van der Waals surface area contributed by atoms with Crippen LogP contribution in [0.25, 0.3) is 0 Å². The molecule has 0 spiro atoms. The average molecular weight is 356 g/mol. The highest BCUT2D eigenvalue weighted by Gasteiger charge is 2.05. The number of nitrogens with one attached hydrogen (secondary N) is 2. The van der Waals surface area contributed by atoms with Crippen molar-refractivity contribution >= 4 is 5.96 Å². The van der Waals surface area contributed by atoms with Crippen molar-refractivity contribution in [2.45, 2.75) is 33.5 Å². The zero-order valence-electron chi connectivity index (χ0n) is 16.1. The van der Waals surface area contributed by atoms with Crippen molar-refractivity contribution in [3.8, 4) is 0 Å². The van der Waals surface area contributed by atoms with Crippen LogP contribution < -0.4 is 10.6 Å². The standard InChI is InChI=1S/C21H29FN4/c1-5-23-21(24-13-17-11-10-16(2)20(22)12-17)25-14-18-8-6-7-9-19(18)15-26(3)4/h6-12H,5,13-15H2,1-4H3,(H2,23,24,25). The summed E-state index contributed by atoms with van der Waals surface area (Å²) in [5.41, 5.74) is 4.05. The van der Waals surface area contributed by atoms with Crippen molar-refractivity contribution in [1.29, 1.82) is 0 Å². The van der Waals surface area contributed by atoms with E-state index in [1.807, 2.05) is 13.0 Å². The molecule has 26 heavy (non-hydrogen) atoms. The molecule has 2 N–H and O–H groups in total. The topological polar surface area (TPSA) is 39.7 Å². The lowest BCUT2D eigenvalue weighted by Gasteiger charge is -2.16. The summed E-state index contributed by atoms with van der Waals surface area (Å²) in [7, 11) is 4.13. The lowest BCUT2D eigenvalue weighted by atomic mass is 10.1. The third kappa shape index (κ3) is 6.15. The molecule has 0 aromatic heterocycles. The van der Waals surface area contributed by atoms with E-state index >= 15 is 0 Å². The molecule has 0 aliphatic carbocycles. The van der Waals surface area contributed by atoms with Crippen LogP contribution in [-0.4, -0.2) is 31.5 Å². The van der Waals surface area contributed by atoms with E-state index in [-0.39, 0.29) is 5.82 Å². The Morgan fingerprint density at radius 2 is 1.81 bits per heavy atom. The van der Waals surface area contributed by atoms with E-state index in [0.29, 0.717) is 18.7 Å². The lowest BCUT2D eigenvalue weighted by molar-refractivity contribution is 0.400. The number of aliphatic imine (C=N–C) groups is 1. The Morgan fingerprint density at radius 3 is 2.46 bits per heavy atom. The normalized spacial score (nSPS) is 11.7. The molecule has 2 aromatic rings. The quantitative estimate of drug-likeness (QED) is 0.590. The highest BCUT2D eigenvalue weighted by atomic mass is 19.1. The fraction of sp³-hybridized carbons (Fsp3) is 0.381. The first-order valence-electron chi connectivity index (χ1n) is 8.98. The van der Waals surface area contributed by atoms with Crippen LogP contribution >= 0.6 is 0 Å². The summed E-state index contributed by atoms with van der Waals surface area (Å²) >= 11 is 0. The van der Waals surface area contributed by atoms with Gasteiger partial charge in [0.1, 0.15) is 5.82 Å². The van der Waals surface area contributed by atoms with Gasteiger partial charge in [0, 0.05) is 19.6 Å². The largest absolute Gasteiger partial charge is 0.357 e. The van der Waals surface area contributed by atoms with Gasteiger partial charge in [-0.2, -0.15) is 0 Å². The number of guanidine groups is 1. The molecule has 2 aromatic carbocycles. The number of hydrogen-bond donors (Lipinski definition) is 2. The van der Waals surface area contributed by atoms with Crippen molar-refractivity contribution in [3.63, 3.8) is 0 Å². The van der Waals surface area contributed by atoms with E-state index in [1.54, 1.807) is 19.1 Å². The number of aryl methyl sites for hydroxylation is 1. The summed E-state index contributed by atoms with van der Waals surface area (Å²) in [4.78, 5) is 6.73. The van der Waals surface area contributed by atoms with Crippen molar-refractivity contribution in [2.75, 3.05) is 20.6 Å². The lowest BCUT2D eigenvalue weighted by Crippen LogP contribution is -2.37. The van der Waals surface area contributed by atoms with E-state index in [4.69, 9.17) is 0 Å². The van der Waals surface area contributed by atoms with Gasteiger partial charge in [-0.25, -0.2) is 9.38 Å². The number of nitrogens with zero attached hydrogens (tertiary/aromatic N) is 2. The Labute approximate surface area is 156 Å². The van der Waals surface area contributed by atoms with Gasteiger partial charge >= 0.3 is 0 Å². The number of halogens is 1. The second-order valence-corrected chi connectivity index (χ2v) is 6.64. The van der Waals surface area contributed by atoms with Gasteiger partial charge in [0.25, 0.3) is 0 Å².